The predicted octanol–water partition coefficient (Wildman–Crippen LogP) is 2.88. The minimum Gasteiger partial charge on any atom is -0.425 e. The van der Waals surface area contributed by atoms with E-state index in [2.05, 4.69) is 15.5 Å². The van der Waals surface area contributed by atoms with Crippen molar-refractivity contribution in [2.45, 2.75) is 64.8 Å². The van der Waals surface area contributed by atoms with Crippen LogP contribution in [0.15, 0.2) is 4.42 Å². The molecule has 1 aromatic rings. The van der Waals surface area contributed by atoms with Gasteiger partial charge in [0.1, 0.15) is 0 Å². The molecule has 0 aliphatic carbocycles. The Morgan fingerprint density at radius 1 is 1.29 bits per heavy atom. The van der Waals surface area contributed by atoms with Crippen molar-refractivity contribution < 1.29 is 9.21 Å². The number of carbonyl (C=O) groups excluding carboxylic acids is 1. The lowest BCUT2D eigenvalue weighted by molar-refractivity contribution is 0.169. The van der Waals surface area contributed by atoms with Crippen molar-refractivity contribution in [3.8, 4) is 0 Å². The first-order chi connectivity index (χ1) is 9.76. The lowest BCUT2D eigenvalue weighted by Gasteiger charge is -2.33. The molecule has 1 aliphatic rings. The summed E-state index contributed by atoms with van der Waals surface area (Å²) in [4.78, 5) is 14.0. The molecule has 6 heteroatoms. The first-order valence-corrected chi connectivity index (χ1v) is 7.66. The van der Waals surface area contributed by atoms with Gasteiger partial charge < -0.3 is 14.6 Å². The molecule has 0 bridgehead atoms. The Morgan fingerprint density at radius 2 is 1.90 bits per heavy atom. The van der Waals surface area contributed by atoms with Gasteiger partial charge in [-0.1, -0.05) is 13.8 Å². The Kier molecular flexibility index (Phi) is 4.54. The Morgan fingerprint density at radius 3 is 2.38 bits per heavy atom. The molecular weight excluding hydrogens is 268 g/mol. The fraction of sp³-hybridized carbons (Fsp3) is 0.800. The second-order valence-corrected chi connectivity index (χ2v) is 7.07. The van der Waals surface area contributed by atoms with E-state index >= 15 is 0 Å². The Hall–Kier alpha value is -1.59. The van der Waals surface area contributed by atoms with E-state index < -0.39 is 0 Å². The molecule has 118 valence electrons. The lowest BCUT2D eigenvalue weighted by Crippen LogP contribution is -2.50. The van der Waals surface area contributed by atoms with E-state index in [0.29, 0.717) is 5.89 Å². The van der Waals surface area contributed by atoms with E-state index in [1.54, 1.807) is 0 Å². The first-order valence-electron chi connectivity index (χ1n) is 7.66. The Bertz CT molecular complexity index is 482. The molecule has 1 saturated heterocycles. The average molecular weight is 294 g/mol. The summed E-state index contributed by atoms with van der Waals surface area (Å²) in [6, 6.07) is 0.00866. The molecule has 0 atom stereocenters. The van der Waals surface area contributed by atoms with Crippen molar-refractivity contribution in [2.75, 3.05) is 13.1 Å². The molecular formula is C15H26N4O2. The van der Waals surface area contributed by atoms with E-state index in [1.807, 2.05) is 39.5 Å². The average Bonchev–Trinajstić information content (AvgIpc) is 2.86. The number of aromatic nitrogens is 2. The highest BCUT2D eigenvalue weighted by molar-refractivity contribution is 5.75. The zero-order valence-corrected chi connectivity index (χ0v) is 13.6. The maximum absolute atomic E-state index is 12.1. The molecule has 0 saturated carbocycles. The summed E-state index contributed by atoms with van der Waals surface area (Å²) in [5, 5.41) is 11.2. The van der Waals surface area contributed by atoms with Crippen molar-refractivity contribution in [3.05, 3.63) is 11.8 Å². The standard InChI is InChI=1S/C15H26N4O2/c1-10(2)12-17-18-13(21-12)11-6-8-19(9-7-11)14(20)16-15(3,4)5/h10-11H,6-9H2,1-5H3,(H,16,20). The molecule has 2 heterocycles. The summed E-state index contributed by atoms with van der Waals surface area (Å²) in [6.07, 6.45) is 1.74. The van der Waals surface area contributed by atoms with Gasteiger partial charge in [-0.3, -0.25) is 0 Å². The van der Waals surface area contributed by atoms with Gasteiger partial charge in [-0.2, -0.15) is 0 Å². The van der Waals surface area contributed by atoms with Gasteiger partial charge in [0.25, 0.3) is 0 Å². The third kappa shape index (κ3) is 4.19. The van der Waals surface area contributed by atoms with Gasteiger partial charge in [0.15, 0.2) is 0 Å². The van der Waals surface area contributed by atoms with Crippen LogP contribution in [-0.2, 0) is 0 Å². The molecule has 0 radical (unpaired) electrons. The van der Waals surface area contributed by atoms with E-state index in [-0.39, 0.29) is 23.4 Å². The monoisotopic (exact) mass is 294 g/mol. The zero-order valence-electron chi connectivity index (χ0n) is 13.6. The largest absolute Gasteiger partial charge is 0.425 e. The van der Waals surface area contributed by atoms with Crippen molar-refractivity contribution in [1.82, 2.24) is 20.4 Å². The molecule has 2 amide bonds. The molecule has 2 rings (SSSR count). The maximum Gasteiger partial charge on any atom is 0.317 e. The van der Waals surface area contributed by atoms with Crippen LogP contribution in [0.4, 0.5) is 4.79 Å². The lowest BCUT2D eigenvalue weighted by atomic mass is 9.97. The fourth-order valence-electron chi connectivity index (χ4n) is 2.37. The van der Waals surface area contributed by atoms with Crippen LogP contribution in [0.3, 0.4) is 0 Å². The van der Waals surface area contributed by atoms with E-state index in [1.165, 1.54) is 0 Å². The smallest absolute Gasteiger partial charge is 0.317 e. The fourth-order valence-corrected chi connectivity index (χ4v) is 2.37. The molecule has 1 N–H and O–H groups in total. The minimum absolute atomic E-state index is 0.00866. The third-order valence-corrected chi connectivity index (χ3v) is 3.56. The number of hydrogen-bond acceptors (Lipinski definition) is 4. The maximum atomic E-state index is 12.1. The molecule has 6 nitrogen and oxygen atoms in total. The van der Waals surface area contributed by atoms with Gasteiger partial charge in [0, 0.05) is 30.5 Å². The van der Waals surface area contributed by atoms with E-state index in [9.17, 15) is 4.79 Å². The highest BCUT2D eigenvalue weighted by Crippen LogP contribution is 2.28. The van der Waals surface area contributed by atoms with Gasteiger partial charge in [-0.15, -0.1) is 10.2 Å². The molecule has 1 aliphatic heterocycles. The molecule has 21 heavy (non-hydrogen) atoms. The van der Waals surface area contributed by atoms with Crippen LogP contribution in [0, 0.1) is 0 Å². The summed E-state index contributed by atoms with van der Waals surface area (Å²) in [5.41, 5.74) is -0.202. The second-order valence-electron chi connectivity index (χ2n) is 7.07. The number of rotatable bonds is 2. The normalized spacial score (nSPS) is 17.3. The summed E-state index contributed by atoms with van der Waals surface area (Å²) >= 11 is 0. The van der Waals surface area contributed by atoms with Crippen LogP contribution in [0.25, 0.3) is 0 Å². The van der Waals surface area contributed by atoms with Crippen LogP contribution in [-0.4, -0.2) is 39.8 Å². The van der Waals surface area contributed by atoms with Crippen LogP contribution >= 0.6 is 0 Å². The van der Waals surface area contributed by atoms with E-state index in [4.69, 9.17) is 4.42 Å². The first kappa shape index (κ1) is 15.8. The minimum atomic E-state index is -0.202. The Labute approximate surface area is 126 Å². The summed E-state index contributed by atoms with van der Waals surface area (Å²) in [7, 11) is 0. The SMILES string of the molecule is CC(C)c1nnc(C2CCN(C(=O)NC(C)(C)C)CC2)o1. The number of nitrogens with one attached hydrogen (secondary N) is 1. The number of amides is 2. The quantitative estimate of drug-likeness (QED) is 0.910. The number of urea groups is 1. The van der Waals surface area contributed by atoms with Crippen LogP contribution in [0.5, 0.6) is 0 Å². The second kappa shape index (κ2) is 6.03. The van der Waals surface area contributed by atoms with Gasteiger partial charge in [-0.05, 0) is 33.6 Å². The summed E-state index contributed by atoms with van der Waals surface area (Å²) in [5.74, 6) is 1.93. The number of hydrogen-bond donors (Lipinski definition) is 1. The predicted molar refractivity (Wildman–Crippen MR) is 80.2 cm³/mol. The van der Waals surface area contributed by atoms with Gasteiger partial charge in [-0.25, -0.2) is 4.79 Å². The molecule has 1 fully saturated rings. The van der Waals surface area contributed by atoms with Crippen LogP contribution in [0.2, 0.25) is 0 Å². The number of likely N-dealkylation sites (tertiary alicyclic amines) is 1. The highest BCUT2D eigenvalue weighted by Gasteiger charge is 2.28. The van der Waals surface area contributed by atoms with Crippen molar-refractivity contribution in [3.63, 3.8) is 0 Å². The summed E-state index contributed by atoms with van der Waals surface area (Å²) < 4.78 is 5.72. The number of nitrogens with zero attached hydrogens (tertiary/aromatic N) is 3. The third-order valence-electron chi connectivity index (χ3n) is 3.56. The molecule has 1 aromatic heterocycles. The number of carbonyl (C=O) groups is 1. The Balaban J connectivity index is 1.89. The highest BCUT2D eigenvalue weighted by atomic mass is 16.4. The van der Waals surface area contributed by atoms with Crippen LogP contribution in [0.1, 0.15) is 71.1 Å². The molecule has 0 spiro atoms. The topological polar surface area (TPSA) is 71.3 Å². The van der Waals surface area contributed by atoms with Crippen molar-refractivity contribution >= 4 is 6.03 Å². The van der Waals surface area contributed by atoms with Crippen molar-refractivity contribution in [2.24, 2.45) is 0 Å². The van der Waals surface area contributed by atoms with Gasteiger partial charge in [0.05, 0.1) is 0 Å². The number of piperidine rings is 1. The molecule has 0 unspecified atom stereocenters. The summed E-state index contributed by atoms with van der Waals surface area (Å²) in [6.45, 7) is 11.5. The zero-order chi connectivity index (χ0) is 15.6. The van der Waals surface area contributed by atoms with Gasteiger partial charge in [0.2, 0.25) is 11.8 Å². The van der Waals surface area contributed by atoms with E-state index in [0.717, 1.165) is 31.8 Å². The molecule has 0 aromatic carbocycles. The van der Waals surface area contributed by atoms with Crippen LogP contribution < -0.4 is 5.32 Å². The van der Waals surface area contributed by atoms with Crippen molar-refractivity contribution in [1.29, 1.82) is 0 Å². The van der Waals surface area contributed by atoms with Gasteiger partial charge >= 0.3 is 6.03 Å².